The van der Waals surface area contributed by atoms with Gasteiger partial charge in [-0.25, -0.2) is 0 Å². The zero-order valence-electron chi connectivity index (χ0n) is 10.6. The highest BCUT2D eigenvalue weighted by molar-refractivity contribution is 5.68. The first kappa shape index (κ1) is 11.1. The molecular weight excluding hydrogens is 218 g/mol. The van der Waals surface area contributed by atoms with Gasteiger partial charge >= 0.3 is 0 Å². The average Bonchev–Trinajstić information content (AvgIpc) is 2.73. The molecule has 0 saturated carbocycles. The zero-order chi connectivity index (χ0) is 12.5. The Morgan fingerprint density at radius 2 is 1.89 bits per heavy atom. The fourth-order valence-corrected chi connectivity index (χ4v) is 2.85. The molecular formula is C17H17N. The molecule has 0 aromatic heterocycles. The van der Waals surface area contributed by atoms with E-state index in [1.54, 1.807) is 0 Å². The topological polar surface area (TPSA) is 26.0 Å². The summed E-state index contributed by atoms with van der Waals surface area (Å²) in [4.78, 5) is 0. The lowest BCUT2D eigenvalue weighted by atomic mass is 9.90. The van der Waals surface area contributed by atoms with Crippen molar-refractivity contribution >= 4 is 11.8 Å². The Kier molecular flexibility index (Phi) is 2.67. The predicted molar refractivity (Wildman–Crippen MR) is 77.5 cm³/mol. The number of allylic oxidation sites excluding steroid dienone is 1. The van der Waals surface area contributed by atoms with E-state index in [4.69, 9.17) is 5.73 Å². The standard InChI is InChI=1S/C17H17N/c1-12-9-16(18)11-15-8-7-14(17(12)15)10-13-5-3-2-4-6-13/h2-9,11,14H,10,18H2,1H3. The van der Waals surface area contributed by atoms with Gasteiger partial charge in [-0.1, -0.05) is 42.5 Å². The lowest BCUT2D eigenvalue weighted by Crippen LogP contribution is -2.01. The SMILES string of the molecule is Cc1cc(N)cc2c1C(Cc1ccccc1)C=C2. The van der Waals surface area contributed by atoms with Crippen LogP contribution in [0.2, 0.25) is 0 Å². The Bertz CT molecular complexity index is 597. The van der Waals surface area contributed by atoms with Crippen molar-refractivity contribution in [2.45, 2.75) is 19.3 Å². The Hall–Kier alpha value is -2.02. The molecule has 1 aliphatic carbocycles. The minimum absolute atomic E-state index is 0.489. The second kappa shape index (κ2) is 4.34. The van der Waals surface area contributed by atoms with Crippen LogP contribution >= 0.6 is 0 Å². The normalized spacial score (nSPS) is 16.8. The summed E-state index contributed by atoms with van der Waals surface area (Å²) >= 11 is 0. The fraction of sp³-hybridized carbons (Fsp3) is 0.176. The number of hydrogen-bond acceptors (Lipinski definition) is 1. The van der Waals surface area contributed by atoms with Gasteiger partial charge in [0, 0.05) is 11.6 Å². The van der Waals surface area contributed by atoms with Crippen molar-refractivity contribution in [3.8, 4) is 0 Å². The predicted octanol–water partition coefficient (Wildman–Crippen LogP) is 3.93. The lowest BCUT2D eigenvalue weighted by Gasteiger charge is -2.14. The summed E-state index contributed by atoms with van der Waals surface area (Å²) in [6.07, 6.45) is 5.56. The maximum atomic E-state index is 5.90. The highest BCUT2D eigenvalue weighted by Gasteiger charge is 2.20. The molecule has 0 bridgehead atoms. The van der Waals surface area contributed by atoms with E-state index >= 15 is 0 Å². The van der Waals surface area contributed by atoms with Crippen LogP contribution in [0.25, 0.3) is 6.08 Å². The van der Waals surface area contributed by atoms with Crippen LogP contribution in [-0.4, -0.2) is 0 Å². The molecule has 1 aliphatic rings. The number of benzene rings is 2. The molecule has 18 heavy (non-hydrogen) atoms. The molecule has 3 rings (SSSR count). The largest absolute Gasteiger partial charge is 0.399 e. The number of anilines is 1. The molecule has 0 spiro atoms. The van der Waals surface area contributed by atoms with Crippen LogP contribution in [0.15, 0.2) is 48.5 Å². The van der Waals surface area contributed by atoms with Gasteiger partial charge < -0.3 is 5.73 Å². The minimum Gasteiger partial charge on any atom is -0.399 e. The minimum atomic E-state index is 0.489. The molecule has 0 saturated heterocycles. The Morgan fingerprint density at radius 3 is 2.67 bits per heavy atom. The highest BCUT2D eigenvalue weighted by atomic mass is 14.5. The van der Waals surface area contributed by atoms with E-state index in [9.17, 15) is 0 Å². The number of aryl methyl sites for hydroxylation is 1. The van der Waals surface area contributed by atoms with Crippen molar-refractivity contribution in [3.05, 3.63) is 70.8 Å². The molecule has 1 heteroatoms. The van der Waals surface area contributed by atoms with E-state index in [2.05, 4.69) is 61.5 Å². The number of nitrogen functional groups attached to an aromatic ring is 1. The molecule has 0 amide bonds. The van der Waals surface area contributed by atoms with Crippen LogP contribution < -0.4 is 5.73 Å². The third-order valence-corrected chi connectivity index (χ3v) is 3.62. The van der Waals surface area contributed by atoms with Gasteiger partial charge in [-0.05, 0) is 47.7 Å². The third-order valence-electron chi connectivity index (χ3n) is 3.62. The monoisotopic (exact) mass is 235 g/mol. The van der Waals surface area contributed by atoms with Crippen LogP contribution in [0.3, 0.4) is 0 Å². The van der Waals surface area contributed by atoms with Crippen LogP contribution in [0, 0.1) is 6.92 Å². The highest BCUT2D eigenvalue weighted by Crippen LogP contribution is 2.36. The molecule has 2 N–H and O–H groups in total. The molecule has 1 atom stereocenters. The van der Waals surface area contributed by atoms with Gasteiger partial charge in [0.1, 0.15) is 0 Å². The molecule has 0 fully saturated rings. The molecule has 2 aromatic carbocycles. The Morgan fingerprint density at radius 1 is 1.11 bits per heavy atom. The molecule has 1 unspecified atom stereocenters. The van der Waals surface area contributed by atoms with Crippen LogP contribution in [0.4, 0.5) is 5.69 Å². The van der Waals surface area contributed by atoms with Gasteiger partial charge in [0.05, 0.1) is 0 Å². The van der Waals surface area contributed by atoms with Gasteiger partial charge in [0.25, 0.3) is 0 Å². The van der Waals surface area contributed by atoms with Gasteiger partial charge in [-0.15, -0.1) is 0 Å². The number of fused-ring (bicyclic) bond motifs is 1. The second-order valence-corrected chi connectivity index (χ2v) is 5.00. The summed E-state index contributed by atoms with van der Waals surface area (Å²) < 4.78 is 0. The van der Waals surface area contributed by atoms with Crippen molar-refractivity contribution in [2.75, 3.05) is 5.73 Å². The van der Waals surface area contributed by atoms with Gasteiger partial charge in [-0.2, -0.15) is 0 Å². The van der Waals surface area contributed by atoms with E-state index in [-0.39, 0.29) is 0 Å². The van der Waals surface area contributed by atoms with E-state index < -0.39 is 0 Å². The van der Waals surface area contributed by atoms with Crippen molar-refractivity contribution < 1.29 is 0 Å². The first-order valence-corrected chi connectivity index (χ1v) is 6.36. The Labute approximate surface area is 108 Å². The number of rotatable bonds is 2. The maximum Gasteiger partial charge on any atom is 0.0322 e. The first-order valence-electron chi connectivity index (χ1n) is 6.36. The van der Waals surface area contributed by atoms with Crippen LogP contribution in [0.1, 0.15) is 28.2 Å². The molecule has 1 nitrogen and oxygen atoms in total. The molecule has 0 aliphatic heterocycles. The summed E-state index contributed by atoms with van der Waals surface area (Å²) in [5.74, 6) is 0.489. The van der Waals surface area contributed by atoms with E-state index in [1.807, 2.05) is 0 Å². The van der Waals surface area contributed by atoms with Crippen molar-refractivity contribution in [1.29, 1.82) is 0 Å². The number of hydrogen-bond donors (Lipinski definition) is 1. The van der Waals surface area contributed by atoms with Gasteiger partial charge in [0.2, 0.25) is 0 Å². The smallest absolute Gasteiger partial charge is 0.0322 e. The lowest BCUT2D eigenvalue weighted by molar-refractivity contribution is 0.843. The first-order chi connectivity index (χ1) is 8.74. The summed E-state index contributed by atoms with van der Waals surface area (Å²) in [6, 6.07) is 14.8. The van der Waals surface area contributed by atoms with E-state index in [0.29, 0.717) is 5.92 Å². The molecule has 0 radical (unpaired) electrons. The molecule has 2 aromatic rings. The number of nitrogens with two attached hydrogens (primary N) is 1. The van der Waals surface area contributed by atoms with Crippen molar-refractivity contribution in [3.63, 3.8) is 0 Å². The Balaban J connectivity index is 1.94. The zero-order valence-corrected chi connectivity index (χ0v) is 10.6. The second-order valence-electron chi connectivity index (χ2n) is 5.00. The van der Waals surface area contributed by atoms with Crippen LogP contribution in [-0.2, 0) is 6.42 Å². The fourth-order valence-electron chi connectivity index (χ4n) is 2.85. The average molecular weight is 235 g/mol. The van der Waals surface area contributed by atoms with E-state index in [1.165, 1.54) is 22.3 Å². The van der Waals surface area contributed by atoms with Crippen LogP contribution in [0.5, 0.6) is 0 Å². The summed E-state index contributed by atoms with van der Waals surface area (Å²) in [5, 5.41) is 0. The van der Waals surface area contributed by atoms with Gasteiger partial charge in [-0.3, -0.25) is 0 Å². The maximum absolute atomic E-state index is 5.90. The van der Waals surface area contributed by atoms with E-state index in [0.717, 1.165) is 12.1 Å². The summed E-state index contributed by atoms with van der Waals surface area (Å²) in [5.41, 5.74) is 12.2. The molecule has 90 valence electrons. The van der Waals surface area contributed by atoms with Crippen molar-refractivity contribution in [1.82, 2.24) is 0 Å². The van der Waals surface area contributed by atoms with Crippen molar-refractivity contribution in [2.24, 2.45) is 0 Å². The summed E-state index contributed by atoms with van der Waals surface area (Å²) in [6.45, 7) is 2.15. The quantitative estimate of drug-likeness (QED) is 0.784. The summed E-state index contributed by atoms with van der Waals surface area (Å²) in [7, 11) is 0. The third kappa shape index (κ3) is 1.92. The van der Waals surface area contributed by atoms with Gasteiger partial charge in [0.15, 0.2) is 0 Å². The molecule has 0 heterocycles.